The Hall–Kier alpha value is -3.18. The number of aromatic hydroxyl groups is 2. The Bertz CT molecular complexity index is 1060. The summed E-state index contributed by atoms with van der Waals surface area (Å²) in [4.78, 5) is 4.85. The van der Waals surface area contributed by atoms with E-state index in [2.05, 4.69) is 34.1 Å². The first-order valence-corrected chi connectivity index (χ1v) is 12.0. The molecule has 0 amide bonds. The number of fused-ring (bicyclic) bond motifs is 1. The van der Waals surface area contributed by atoms with Crippen LogP contribution in [0.4, 0.5) is 5.69 Å². The zero-order chi connectivity index (χ0) is 22.6. The van der Waals surface area contributed by atoms with Crippen molar-refractivity contribution in [3.63, 3.8) is 0 Å². The molecule has 5 rings (SSSR count). The highest BCUT2D eigenvalue weighted by atomic mass is 16.5. The number of likely N-dealkylation sites (tertiary alicyclic amines) is 1. The van der Waals surface area contributed by atoms with Crippen molar-refractivity contribution in [3.8, 4) is 17.2 Å². The van der Waals surface area contributed by atoms with E-state index in [0.29, 0.717) is 12.4 Å². The lowest BCUT2D eigenvalue weighted by Crippen LogP contribution is -2.36. The number of anilines is 1. The van der Waals surface area contributed by atoms with Gasteiger partial charge < -0.3 is 19.8 Å². The van der Waals surface area contributed by atoms with Crippen molar-refractivity contribution in [1.29, 1.82) is 0 Å². The van der Waals surface area contributed by atoms with Gasteiger partial charge in [-0.2, -0.15) is 0 Å². The fourth-order valence-electron chi connectivity index (χ4n) is 5.12. The topological polar surface area (TPSA) is 56.2 Å². The van der Waals surface area contributed by atoms with Gasteiger partial charge in [-0.1, -0.05) is 24.6 Å². The van der Waals surface area contributed by atoms with Crippen molar-refractivity contribution < 1.29 is 14.9 Å². The first-order valence-electron chi connectivity index (χ1n) is 12.0. The van der Waals surface area contributed by atoms with Gasteiger partial charge in [-0.05, 0) is 97.6 Å². The summed E-state index contributed by atoms with van der Waals surface area (Å²) in [6.07, 6.45) is 4.81. The third-order valence-electron chi connectivity index (χ3n) is 6.86. The molecule has 0 bridgehead atoms. The SMILES string of the molecule is Oc1ccc(N2CCc3cc(O)ccc3C2c2ccc(OCCN3CCCCC3)cc2)cc1. The molecular formula is C28H32N2O3. The number of nitrogens with zero attached hydrogens (tertiary/aromatic N) is 2. The van der Waals surface area contributed by atoms with E-state index in [-0.39, 0.29) is 11.8 Å². The van der Waals surface area contributed by atoms with E-state index < -0.39 is 0 Å². The number of hydrogen-bond donors (Lipinski definition) is 2. The molecule has 1 saturated heterocycles. The van der Waals surface area contributed by atoms with Crippen LogP contribution in [0.5, 0.6) is 17.2 Å². The van der Waals surface area contributed by atoms with Crippen LogP contribution in [0.1, 0.15) is 42.0 Å². The van der Waals surface area contributed by atoms with E-state index in [9.17, 15) is 10.2 Å². The molecule has 0 aromatic heterocycles. The van der Waals surface area contributed by atoms with Crippen LogP contribution in [0.15, 0.2) is 66.7 Å². The highest BCUT2D eigenvalue weighted by molar-refractivity contribution is 5.58. The molecule has 1 atom stereocenters. The highest BCUT2D eigenvalue weighted by Crippen LogP contribution is 2.40. The average Bonchev–Trinajstić information content (AvgIpc) is 2.85. The molecule has 3 aromatic rings. The maximum Gasteiger partial charge on any atom is 0.119 e. The normalized spacial score (nSPS) is 18.7. The summed E-state index contributed by atoms with van der Waals surface area (Å²) in [7, 11) is 0. The molecule has 0 radical (unpaired) electrons. The fourth-order valence-corrected chi connectivity index (χ4v) is 5.12. The fraction of sp³-hybridized carbons (Fsp3) is 0.357. The molecular weight excluding hydrogens is 412 g/mol. The number of hydrogen-bond acceptors (Lipinski definition) is 5. The Morgan fingerprint density at radius 1 is 0.788 bits per heavy atom. The molecule has 172 valence electrons. The van der Waals surface area contributed by atoms with Crippen LogP contribution < -0.4 is 9.64 Å². The zero-order valence-electron chi connectivity index (χ0n) is 19.0. The zero-order valence-corrected chi connectivity index (χ0v) is 19.0. The second-order valence-electron chi connectivity index (χ2n) is 9.07. The van der Waals surface area contributed by atoms with Crippen LogP contribution in [0, 0.1) is 0 Å². The van der Waals surface area contributed by atoms with Crippen LogP contribution >= 0.6 is 0 Å². The second-order valence-corrected chi connectivity index (χ2v) is 9.07. The maximum atomic E-state index is 10.0. The third-order valence-corrected chi connectivity index (χ3v) is 6.86. The number of rotatable bonds is 6. The van der Waals surface area contributed by atoms with Crippen LogP contribution in [-0.2, 0) is 6.42 Å². The smallest absolute Gasteiger partial charge is 0.119 e. The lowest BCUT2D eigenvalue weighted by Gasteiger charge is -2.39. The summed E-state index contributed by atoms with van der Waals surface area (Å²) in [5.41, 5.74) is 4.62. The molecule has 33 heavy (non-hydrogen) atoms. The molecule has 3 aromatic carbocycles. The van der Waals surface area contributed by atoms with Gasteiger partial charge in [-0.3, -0.25) is 4.90 Å². The van der Waals surface area contributed by atoms with Gasteiger partial charge in [-0.25, -0.2) is 0 Å². The van der Waals surface area contributed by atoms with Crippen LogP contribution in [0.2, 0.25) is 0 Å². The van der Waals surface area contributed by atoms with Crippen molar-refractivity contribution in [2.45, 2.75) is 31.7 Å². The largest absolute Gasteiger partial charge is 0.508 e. The van der Waals surface area contributed by atoms with Crippen molar-refractivity contribution in [2.24, 2.45) is 0 Å². The summed E-state index contributed by atoms with van der Waals surface area (Å²) in [5.74, 6) is 1.47. The molecule has 1 unspecified atom stereocenters. The first-order chi connectivity index (χ1) is 16.2. The minimum atomic E-state index is 0.0290. The minimum Gasteiger partial charge on any atom is -0.508 e. The Kier molecular flexibility index (Phi) is 6.40. The Labute approximate surface area is 195 Å². The highest BCUT2D eigenvalue weighted by Gasteiger charge is 2.29. The quantitative estimate of drug-likeness (QED) is 0.553. The van der Waals surface area contributed by atoms with Gasteiger partial charge >= 0.3 is 0 Å². The van der Waals surface area contributed by atoms with Gasteiger partial charge in [0.25, 0.3) is 0 Å². The minimum absolute atomic E-state index is 0.0290. The van der Waals surface area contributed by atoms with Gasteiger partial charge in [0, 0.05) is 18.8 Å². The molecule has 5 nitrogen and oxygen atoms in total. The van der Waals surface area contributed by atoms with Crippen LogP contribution in [-0.4, -0.2) is 47.9 Å². The number of ether oxygens (including phenoxy) is 1. The van der Waals surface area contributed by atoms with E-state index in [1.165, 1.54) is 49.0 Å². The van der Waals surface area contributed by atoms with Crippen molar-refractivity contribution in [3.05, 3.63) is 83.4 Å². The molecule has 1 fully saturated rings. The van der Waals surface area contributed by atoms with E-state index in [1.54, 1.807) is 18.2 Å². The molecule has 0 aliphatic carbocycles. The number of benzene rings is 3. The predicted molar refractivity (Wildman–Crippen MR) is 131 cm³/mol. The van der Waals surface area contributed by atoms with Gasteiger partial charge in [0.05, 0.1) is 6.04 Å². The van der Waals surface area contributed by atoms with E-state index in [0.717, 1.165) is 30.9 Å². The maximum absolute atomic E-state index is 10.0. The average molecular weight is 445 g/mol. The van der Waals surface area contributed by atoms with E-state index in [1.807, 2.05) is 24.3 Å². The molecule has 5 heteroatoms. The van der Waals surface area contributed by atoms with Crippen molar-refractivity contribution in [1.82, 2.24) is 4.90 Å². The Balaban J connectivity index is 1.36. The van der Waals surface area contributed by atoms with Crippen molar-refractivity contribution in [2.75, 3.05) is 37.7 Å². The van der Waals surface area contributed by atoms with Gasteiger partial charge in [0.1, 0.15) is 23.9 Å². The number of phenols is 2. The molecule has 2 heterocycles. The number of piperidine rings is 1. The lowest BCUT2D eigenvalue weighted by molar-refractivity contribution is 0.183. The van der Waals surface area contributed by atoms with Crippen LogP contribution in [0.3, 0.4) is 0 Å². The summed E-state index contributed by atoms with van der Waals surface area (Å²) >= 11 is 0. The van der Waals surface area contributed by atoms with E-state index >= 15 is 0 Å². The molecule has 0 spiro atoms. The Morgan fingerprint density at radius 2 is 1.52 bits per heavy atom. The first kappa shape index (κ1) is 21.7. The van der Waals surface area contributed by atoms with Gasteiger partial charge in [0.2, 0.25) is 0 Å². The monoisotopic (exact) mass is 444 g/mol. The molecule has 2 N–H and O–H groups in total. The summed E-state index contributed by atoms with van der Waals surface area (Å²) in [5, 5.41) is 19.8. The van der Waals surface area contributed by atoms with E-state index in [4.69, 9.17) is 4.74 Å². The summed E-state index contributed by atoms with van der Waals surface area (Å²) in [6.45, 7) is 4.90. The predicted octanol–water partition coefficient (Wildman–Crippen LogP) is 5.11. The van der Waals surface area contributed by atoms with Crippen molar-refractivity contribution >= 4 is 5.69 Å². The Morgan fingerprint density at radius 3 is 2.27 bits per heavy atom. The molecule has 0 saturated carbocycles. The van der Waals surface area contributed by atoms with Gasteiger partial charge in [0.15, 0.2) is 0 Å². The summed E-state index contributed by atoms with van der Waals surface area (Å²) in [6, 6.07) is 21.5. The number of phenolic OH excluding ortho intramolecular Hbond substituents is 2. The standard InChI is InChI=1S/C28H32N2O3/c31-24-8-6-23(7-9-24)30-17-14-22-20-25(32)10-13-27(22)28(30)21-4-11-26(12-5-21)33-19-18-29-15-2-1-3-16-29/h4-13,20,28,31-32H,1-3,14-19H2. The summed E-state index contributed by atoms with van der Waals surface area (Å²) < 4.78 is 6.04. The van der Waals surface area contributed by atoms with Crippen LogP contribution in [0.25, 0.3) is 0 Å². The lowest BCUT2D eigenvalue weighted by atomic mass is 9.87. The molecule has 2 aliphatic rings. The second kappa shape index (κ2) is 9.75. The molecule has 2 aliphatic heterocycles. The third kappa shape index (κ3) is 4.93. The van der Waals surface area contributed by atoms with Gasteiger partial charge in [-0.15, -0.1) is 0 Å².